The Balaban J connectivity index is 0.00000144. The molecule has 0 aromatic carbocycles. The Morgan fingerprint density at radius 2 is 2.35 bits per heavy atom. The Morgan fingerprint density at radius 3 is 2.88 bits per heavy atom. The van der Waals surface area contributed by atoms with Crippen molar-refractivity contribution in [3.63, 3.8) is 0 Å². The largest absolute Gasteiger partial charge is 0.359 e. The third-order valence-corrected chi connectivity index (χ3v) is 3.12. The molecule has 6 heteroatoms. The standard InChI is InChI=1S/C11H19N5.HI/c1-12-11(13-2)16-5-4-9(8-16)10-6-14-15(3)7-10;/h6-7,9H,4-5,8H2,1-3H3,(H,12,13);1H. The van der Waals surface area contributed by atoms with Crippen molar-refractivity contribution < 1.29 is 0 Å². The number of nitrogens with zero attached hydrogens (tertiary/aromatic N) is 4. The zero-order valence-electron chi connectivity index (χ0n) is 10.6. The molecule has 17 heavy (non-hydrogen) atoms. The molecule has 0 saturated carbocycles. The molecule has 1 aliphatic heterocycles. The normalized spacial score (nSPS) is 20.3. The summed E-state index contributed by atoms with van der Waals surface area (Å²) in [5.41, 5.74) is 1.33. The summed E-state index contributed by atoms with van der Waals surface area (Å²) in [4.78, 5) is 6.52. The van der Waals surface area contributed by atoms with Gasteiger partial charge in [0, 0.05) is 46.3 Å². The molecular formula is C11H20IN5. The predicted octanol–water partition coefficient (Wildman–Crippen LogP) is 1.03. The van der Waals surface area contributed by atoms with E-state index in [1.807, 2.05) is 32.0 Å². The fraction of sp³-hybridized carbons (Fsp3) is 0.636. The zero-order valence-corrected chi connectivity index (χ0v) is 12.9. The number of hydrogen-bond acceptors (Lipinski definition) is 2. The van der Waals surface area contributed by atoms with Crippen LogP contribution in [0.4, 0.5) is 0 Å². The number of aromatic nitrogens is 2. The first-order valence-corrected chi connectivity index (χ1v) is 5.62. The molecule has 5 nitrogen and oxygen atoms in total. The number of aryl methyl sites for hydroxylation is 1. The molecular weight excluding hydrogens is 329 g/mol. The molecule has 96 valence electrons. The van der Waals surface area contributed by atoms with Gasteiger partial charge in [0.1, 0.15) is 0 Å². The number of likely N-dealkylation sites (tertiary alicyclic amines) is 1. The zero-order chi connectivity index (χ0) is 11.5. The van der Waals surface area contributed by atoms with E-state index in [9.17, 15) is 0 Å². The van der Waals surface area contributed by atoms with Crippen LogP contribution >= 0.6 is 24.0 Å². The van der Waals surface area contributed by atoms with Gasteiger partial charge in [-0.05, 0) is 12.0 Å². The maximum absolute atomic E-state index is 4.23. The van der Waals surface area contributed by atoms with Crippen LogP contribution in [0.2, 0.25) is 0 Å². The number of rotatable bonds is 1. The van der Waals surface area contributed by atoms with E-state index in [1.165, 1.54) is 12.0 Å². The summed E-state index contributed by atoms with van der Waals surface area (Å²) in [6.45, 7) is 2.09. The molecule has 1 saturated heterocycles. The number of guanidine groups is 1. The van der Waals surface area contributed by atoms with Gasteiger partial charge in [-0.2, -0.15) is 5.10 Å². The second kappa shape index (κ2) is 6.23. The van der Waals surface area contributed by atoms with E-state index in [1.54, 1.807) is 0 Å². The van der Waals surface area contributed by atoms with Crippen molar-refractivity contribution in [2.24, 2.45) is 12.0 Å². The van der Waals surface area contributed by atoms with Crippen LogP contribution in [0.3, 0.4) is 0 Å². The van der Waals surface area contributed by atoms with Crippen LogP contribution in [0.15, 0.2) is 17.4 Å². The summed E-state index contributed by atoms with van der Waals surface area (Å²) in [7, 11) is 5.70. The molecule has 1 unspecified atom stereocenters. The lowest BCUT2D eigenvalue weighted by molar-refractivity contribution is 0.492. The first-order valence-electron chi connectivity index (χ1n) is 5.62. The van der Waals surface area contributed by atoms with E-state index in [4.69, 9.17) is 0 Å². The van der Waals surface area contributed by atoms with Gasteiger partial charge in [0.2, 0.25) is 0 Å². The monoisotopic (exact) mass is 349 g/mol. The number of aliphatic imine (C=N–C) groups is 1. The van der Waals surface area contributed by atoms with Crippen LogP contribution in [0.5, 0.6) is 0 Å². The van der Waals surface area contributed by atoms with Gasteiger partial charge in [0.05, 0.1) is 6.20 Å². The van der Waals surface area contributed by atoms with E-state index >= 15 is 0 Å². The van der Waals surface area contributed by atoms with Crippen LogP contribution in [0.25, 0.3) is 0 Å². The first kappa shape index (κ1) is 14.3. The Bertz CT molecular complexity index is 387. The predicted molar refractivity (Wildman–Crippen MR) is 80.0 cm³/mol. The van der Waals surface area contributed by atoms with E-state index in [-0.39, 0.29) is 24.0 Å². The molecule has 1 N–H and O–H groups in total. The lowest BCUT2D eigenvalue weighted by Gasteiger charge is -2.19. The van der Waals surface area contributed by atoms with Crippen LogP contribution in [-0.2, 0) is 7.05 Å². The van der Waals surface area contributed by atoms with E-state index in [2.05, 4.69) is 26.5 Å². The minimum Gasteiger partial charge on any atom is -0.359 e. The van der Waals surface area contributed by atoms with Crippen molar-refractivity contribution in [1.82, 2.24) is 20.0 Å². The third-order valence-electron chi connectivity index (χ3n) is 3.12. The van der Waals surface area contributed by atoms with E-state index < -0.39 is 0 Å². The average Bonchev–Trinajstić information content (AvgIpc) is 2.89. The number of nitrogens with one attached hydrogen (secondary N) is 1. The van der Waals surface area contributed by atoms with Gasteiger partial charge in [-0.25, -0.2) is 0 Å². The van der Waals surface area contributed by atoms with Gasteiger partial charge in [-0.1, -0.05) is 0 Å². The molecule has 1 fully saturated rings. The van der Waals surface area contributed by atoms with Crippen LogP contribution in [0, 0.1) is 0 Å². The van der Waals surface area contributed by atoms with Gasteiger partial charge in [0.15, 0.2) is 5.96 Å². The number of halogens is 1. The van der Waals surface area contributed by atoms with E-state index in [0.29, 0.717) is 5.92 Å². The van der Waals surface area contributed by atoms with Gasteiger partial charge >= 0.3 is 0 Å². The first-order chi connectivity index (χ1) is 7.74. The Morgan fingerprint density at radius 1 is 1.59 bits per heavy atom. The van der Waals surface area contributed by atoms with Gasteiger partial charge < -0.3 is 10.2 Å². The highest BCUT2D eigenvalue weighted by Crippen LogP contribution is 2.26. The van der Waals surface area contributed by atoms with Crippen molar-refractivity contribution in [2.45, 2.75) is 12.3 Å². The molecule has 0 bridgehead atoms. The van der Waals surface area contributed by atoms with Crippen molar-refractivity contribution in [3.05, 3.63) is 18.0 Å². The molecule has 2 heterocycles. The van der Waals surface area contributed by atoms with Gasteiger partial charge in [-0.15, -0.1) is 24.0 Å². The maximum atomic E-state index is 4.23. The molecule has 0 spiro atoms. The molecule has 1 aromatic rings. The minimum absolute atomic E-state index is 0. The highest BCUT2D eigenvalue weighted by molar-refractivity contribution is 14.0. The Kier molecular flexibility index (Phi) is 5.23. The highest BCUT2D eigenvalue weighted by Gasteiger charge is 2.26. The summed E-state index contributed by atoms with van der Waals surface area (Å²) in [6, 6.07) is 0. The van der Waals surface area contributed by atoms with Crippen molar-refractivity contribution in [1.29, 1.82) is 0 Å². The smallest absolute Gasteiger partial charge is 0.193 e. The lowest BCUT2D eigenvalue weighted by atomic mass is 10.0. The summed E-state index contributed by atoms with van der Waals surface area (Å²) in [5, 5.41) is 7.35. The van der Waals surface area contributed by atoms with E-state index in [0.717, 1.165) is 19.0 Å². The third kappa shape index (κ3) is 3.11. The fourth-order valence-electron chi connectivity index (χ4n) is 2.29. The van der Waals surface area contributed by atoms with Gasteiger partial charge in [-0.3, -0.25) is 9.67 Å². The van der Waals surface area contributed by atoms with Crippen molar-refractivity contribution in [2.75, 3.05) is 27.2 Å². The molecule has 1 aromatic heterocycles. The van der Waals surface area contributed by atoms with Crippen molar-refractivity contribution in [3.8, 4) is 0 Å². The van der Waals surface area contributed by atoms with Crippen LogP contribution in [0.1, 0.15) is 17.9 Å². The second-order valence-electron chi connectivity index (χ2n) is 4.18. The molecule has 0 aliphatic carbocycles. The highest BCUT2D eigenvalue weighted by atomic mass is 127. The van der Waals surface area contributed by atoms with Crippen LogP contribution < -0.4 is 5.32 Å². The molecule has 0 radical (unpaired) electrons. The summed E-state index contributed by atoms with van der Waals surface area (Å²) < 4.78 is 1.87. The van der Waals surface area contributed by atoms with Crippen LogP contribution in [-0.4, -0.2) is 47.8 Å². The average molecular weight is 349 g/mol. The second-order valence-corrected chi connectivity index (χ2v) is 4.18. The minimum atomic E-state index is 0. The SMILES string of the molecule is CN=C(NC)N1CCC(c2cnn(C)c2)C1.I. The number of hydrogen-bond donors (Lipinski definition) is 1. The fourth-order valence-corrected chi connectivity index (χ4v) is 2.29. The molecule has 2 rings (SSSR count). The summed E-state index contributed by atoms with van der Waals surface area (Å²) in [6.07, 6.45) is 5.25. The molecule has 1 aliphatic rings. The summed E-state index contributed by atoms with van der Waals surface area (Å²) >= 11 is 0. The topological polar surface area (TPSA) is 45.5 Å². The van der Waals surface area contributed by atoms with Gasteiger partial charge in [0.25, 0.3) is 0 Å². The quantitative estimate of drug-likeness (QED) is 0.468. The summed E-state index contributed by atoms with van der Waals surface area (Å²) in [5.74, 6) is 1.56. The maximum Gasteiger partial charge on any atom is 0.193 e. The molecule has 1 atom stereocenters. The Labute approximate surface area is 119 Å². The van der Waals surface area contributed by atoms with Crippen molar-refractivity contribution >= 4 is 29.9 Å². The Hall–Kier alpha value is -0.790. The lowest BCUT2D eigenvalue weighted by Crippen LogP contribution is -2.37. The molecule has 0 amide bonds.